The number of phenols is 1. The third kappa shape index (κ3) is 2.99. The van der Waals surface area contributed by atoms with Crippen molar-refractivity contribution in [1.29, 1.82) is 0 Å². The topological polar surface area (TPSA) is 23.5 Å². The van der Waals surface area contributed by atoms with Crippen molar-refractivity contribution >= 4 is 11.6 Å². The Labute approximate surface area is 115 Å². The van der Waals surface area contributed by atoms with Crippen molar-refractivity contribution in [3.05, 3.63) is 28.8 Å². The first-order valence-electron chi connectivity index (χ1n) is 6.61. The van der Waals surface area contributed by atoms with Crippen LogP contribution in [0, 0.1) is 5.41 Å². The molecule has 1 fully saturated rings. The lowest BCUT2D eigenvalue weighted by Crippen LogP contribution is -2.38. The average Bonchev–Trinajstić information content (AvgIpc) is 2.31. The van der Waals surface area contributed by atoms with Gasteiger partial charge in [0.05, 0.1) is 0 Å². The molecule has 1 aliphatic heterocycles. The molecule has 3 heteroatoms. The van der Waals surface area contributed by atoms with E-state index in [1.807, 2.05) is 6.07 Å². The van der Waals surface area contributed by atoms with E-state index >= 15 is 0 Å². The number of hydrogen-bond acceptors (Lipinski definition) is 2. The molecule has 0 saturated carbocycles. The fourth-order valence-electron chi connectivity index (χ4n) is 2.57. The molecule has 2 nitrogen and oxygen atoms in total. The quantitative estimate of drug-likeness (QED) is 0.867. The molecule has 0 spiro atoms. The molecule has 0 amide bonds. The molecule has 2 rings (SSSR count). The van der Waals surface area contributed by atoms with Gasteiger partial charge in [-0.2, -0.15) is 0 Å². The maximum absolute atomic E-state index is 9.95. The maximum atomic E-state index is 9.95. The van der Waals surface area contributed by atoms with Gasteiger partial charge in [-0.25, -0.2) is 0 Å². The lowest BCUT2D eigenvalue weighted by molar-refractivity contribution is 0.0994. The number of piperidine rings is 1. The van der Waals surface area contributed by atoms with Crippen LogP contribution in [-0.4, -0.2) is 23.1 Å². The SMILES string of the molecule is CC(c1cc(Cl)ccc1O)N1CCC(C)(C)CC1. The van der Waals surface area contributed by atoms with E-state index in [0.29, 0.717) is 16.2 Å². The lowest BCUT2D eigenvalue weighted by Gasteiger charge is -2.40. The van der Waals surface area contributed by atoms with Gasteiger partial charge in [-0.05, 0) is 56.5 Å². The van der Waals surface area contributed by atoms with Crippen LogP contribution in [-0.2, 0) is 0 Å². The highest BCUT2D eigenvalue weighted by atomic mass is 35.5. The van der Waals surface area contributed by atoms with E-state index in [1.54, 1.807) is 12.1 Å². The minimum atomic E-state index is 0.222. The standard InChI is InChI=1S/C15H22ClNO/c1-11(13-10-12(16)4-5-14(13)18)17-8-6-15(2,3)7-9-17/h4-5,10-11,18H,6-9H2,1-3H3. The van der Waals surface area contributed by atoms with Crippen LogP contribution in [0.5, 0.6) is 5.75 Å². The Bertz CT molecular complexity index is 421. The van der Waals surface area contributed by atoms with Gasteiger partial charge in [-0.3, -0.25) is 4.90 Å². The minimum Gasteiger partial charge on any atom is -0.508 e. The smallest absolute Gasteiger partial charge is 0.120 e. The molecule has 0 aliphatic carbocycles. The number of nitrogens with zero attached hydrogens (tertiary/aromatic N) is 1. The number of halogens is 1. The summed E-state index contributed by atoms with van der Waals surface area (Å²) >= 11 is 6.02. The third-order valence-corrected chi connectivity index (χ3v) is 4.37. The summed E-state index contributed by atoms with van der Waals surface area (Å²) in [7, 11) is 0. The molecule has 100 valence electrons. The van der Waals surface area contributed by atoms with Gasteiger partial charge in [0.15, 0.2) is 0 Å². The summed E-state index contributed by atoms with van der Waals surface area (Å²) in [5.74, 6) is 0.344. The number of benzene rings is 1. The summed E-state index contributed by atoms with van der Waals surface area (Å²) in [6.45, 7) is 8.96. The maximum Gasteiger partial charge on any atom is 0.120 e. The lowest BCUT2D eigenvalue weighted by atomic mass is 9.82. The van der Waals surface area contributed by atoms with Crippen LogP contribution in [0.3, 0.4) is 0 Å². The summed E-state index contributed by atoms with van der Waals surface area (Å²) < 4.78 is 0. The van der Waals surface area contributed by atoms with Gasteiger partial charge in [-0.1, -0.05) is 25.4 Å². The third-order valence-electron chi connectivity index (χ3n) is 4.14. The van der Waals surface area contributed by atoms with Crippen LogP contribution < -0.4 is 0 Å². The molecule has 0 radical (unpaired) electrons. The molecule has 1 aromatic rings. The van der Waals surface area contributed by atoms with Gasteiger partial charge >= 0.3 is 0 Å². The first kappa shape index (κ1) is 13.7. The second-order valence-electron chi connectivity index (χ2n) is 6.08. The van der Waals surface area contributed by atoms with Gasteiger partial charge in [0, 0.05) is 16.6 Å². The van der Waals surface area contributed by atoms with Crippen molar-refractivity contribution in [2.24, 2.45) is 5.41 Å². The van der Waals surface area contributed by atoms with Crippen molar-refractivity contribution in [3.63, 3.8) is 0 Å². The van der Waals surface area contributed by atoms with E-state index in [1.165, 1.54) is 12.8 Å². The monoisotopic (exact) mass is 267 g/mol. The zero-order valence-electron chi connectivity index (χ0n) is 11.4. The minimum absolute atomic E-state index is 0.222. The summed E-state index contributed by atoms with van der Waals surface area (Å²) in [5, 5.41) is 10.6. The molecule has 0 bridgehead atoms. The molecular formula is C15H22ClNO. The Kier molecular flexibility index (Phi) is 3.88. The normalized spacial score (nSPS) is 21.8. The molecule has 1 aliphatic rings. The van der Waals surface area contributed by atoms with Crippen molar-refractivity contribution < 1.29 is 5.11 Å². The molecule has 18 heavy (non-hydrogen) atoms. The van der Waals surface area contributed by atoms with Gasteiger partial charge in [0.25, 0.3) is 0 Å². The fraction of sp³-hybridized carbons (Fsp3) is 0.600. The van der Waals surface area contributed by atoms with Crippen molar-refractivity contribution in [3.8, 4) is 5.75 Å². The van der Waals surface area contributed by atoms with E-state index < -0.39 is 0 Å². The summed E-state index contributed by atoms with van der Waals surface area (Å²) in [4.78, 5) is 2.43. The van der Waals surface area contributed by atoms with E-state index in [0.717, 1.165) is 18.7 Å². The zero-order valence-corrected chi connectivity index (χ0v) is 12.2. The second-order valence-corrected chi connectivity index (χ2v) is 6.52. The van der Waals surface area contributed by atoms with E-state index in [9.17, 15) is 5.11 Å². The van der Waals surface area contributed by atoms with Gasteiger partial charge in [0.2, 0.25) is 0 Å². The van der Waals surface area contributed by atoms with E-state index in [4.69, 9.17) is 11.6 Å². The summed E-state index contributed by atoms with van der Waals surface area (Å²) in [6, 6.07) is 5.51. The van der Waals surface area contributed by atoms with Crippen LogP contribution >= 0.6 is 11.6 Å². The van der Waals surface area contributed by atoms with Crippen molar-refractivity contribution in [2.75, 3.05) is 13.1 Å². The van der Waals surface area contributed by atoms with Crippen molar-refractivity contribution in [1.82, 2.24) is 4.90 Å². The Morgan fingerprint density at radius 1 is 1.28 bits per heavy atom. The van der Waals surface area contributed by atoms with E-state index in [-0.39, 0.29) is 6.04 Å². The van der Waals surface area contributed by atoms with Gasteiger partial charge in [-0.15, -0.1) is 0 Å². The van der Waals surface area contributed by atoms with Crippen molar-refractivity contribution in [2.45, 2.75) is 39.7 Å². The van der Waals surface area contributed by atoms with Crippen LogP contribution in [0.25, 0.3) is 0 Å². The Hall–Kier alpha value is -0.730. The molecule has 1 atom stereocenters. The molecule has 1 N–H and O–H groups in total. The summed E-state index contributed by atoms with van der Waals surface area (Å²) in [6.07, 6.45) is 2.41. The highest BCUT2D eigenvalue weighted by Crippen LogP contribution is 2.36. The molecule has 0 aromatic heterocycles. The zero-order chi connectivity index (χ0) is 13.3. The fourth-order valence-corrected chi connectivity index (χ4v) is 2.75. The molecule has 1 unspecified atom stereocenters. The number of phenolic OH excluding ortho intramolecular Hbond substituents is 1. The summed E-state index contributed by atoms with van der Waals surface area (Å²) in [5.41, 5.74) is 1.38. The number of rotatable bonds is 2. The predicted octanol–water partition coefficient (Wildman–Crippen LogP) is 4.23. The molecular weight excluding hydrogens is 246 g/mol. The van der Waals surface area contributed by atoms with Crippen LogP contribution in [0.15, 0.2) is 18.2 Å². The van der Waals surface area contributed by atoms with Gasteiger partial charge in [0.1, 0.15) is 5.75 Å². The molecule has 1 heterocycles. The highest BCUT2D eigenvalue weighted by molar-refractivity contribution is 6.30. The second kappa shape index (κ2) is 5.10. The largest absolute Gasteiger partial charge is 0.508 e. The Morgan fingerprint density at radius 2 is 1.89 bits per heavy atom. The Morgan fingerprint density at radius 3 is 2.50 bits per heavy atom. The molecule has 1 saturated heterocycles. The first-order valence-corrected chi connectivity index (χ1v) is 6.99. The average molecular weight is 268 g/mol. The Balaban J connectivity index is 2.12. The highest BCUT2D eigenvalue weighted by Gasteiger charge is 2.28. The van der Waals surface area contributed by atoms with Crippen LogP contribution in [0.1, 0.15) is 45.2 Å². The predicted molar refractivity (Wildman–Crippen MR) is 76.1 cm³/mol. The van der Waals surface area contributed by atoms with Gasteiger partial charge < -0.3 is 5.11 Å². The van der Waals surface area contributed by atoms with E-state index in [2.05, 4.69) is 25.7 Å². The number of likely N-dealkylation sites (tertiary alicyclic amines) is 1. The number of aromatic hydroxyl groups is 1. The van der Waals surface area contributed by atoms with Crippen LogP contribution in [0.2, 0.25) is 5.02 Å². The number of hydrogen-bond donors (Lipinski definition) is 1. The molecule has 1 aromatic carbocycles. The first-order chi connectivity index (χ1) is 8.39. The van der Waals surface area contributed by atoms with Crippen LogP contribution in [0.4, 0.5) is 0 Å².